The molecule has 0 saturated heterocycles. The fraction of sp³-hybridized carbons (Fsp3) is 0.733. The van der Waals surface area contributed by atoms with Crippen LogP contribution in [-0.2, 0) is 18.3 Å². The molecule has 5 heteroatoms. The average Bonchev–Trinajstić information content (AvgIpc) is 2.89. The Balaban J connectivity index is 2.00. The summed E-state index contributed by atoms with van der Waals surface area (Å²) in [5.41, 5.74) is 2.27. The Morgan fingerprint density at radius 1 is 1.40 bits per heavy atom. The Bertz CT molecular complexity index is 501. The van der Waals surface area contributed by atoms with Crippen LogP contribution in [0, 0.1) is 13.8 Å². The highest BCUT2D eigenvalue weighted by Gasteiger charge is 2.33. The molecule has 0 bridgehead atoms. The second-order valence-electron chi connectivity index (χ2n) is 6.13. The molecule has 20 heavy (non-hydrogen) atoms. The highest BCUT2D eigenvalue weighted by atomic mass is 16.3. The van der Waals surface area contributed by atoms with Gasteiger partial charge in [0, 0.05) is 31.9 Å². The first kappa shape index (κ1) is 15.0. The van der Waals surface area contributed by atoms with Crippen molar-refractivity contribution in [3.05, 3.63) is 17.0 Å². The smallest absolute Gasteiger partial charge is 0.226 e. The van der Waals surface area contributed by atoms with Gasteiger partial charge in [0.15, 0.2) is 0 Å². The molecule has 1 aromatic heterocycles. The first-order chi connectivity index (χ1) is 9.32. The number of rotatable bonds is 4. The Morgan fingerprint density at radius 3 is 2.50 bits per heavy atom. The number of hydrogen-bond acceptors (Lipinski definition) is 3. The van der Waals surface area contributed by atoms with Crippen LogP contribution >= 0.6 is 0 Å². The molecule has 1 aromatic rings. The van der Waals surface area contributed by atoms with Crippen molar-refractivity contribution in [2.45, 2.75) is 51.6 Å². The minimum absolute atomic E-state index is 0.0459. The molecular weight excluding hydrogens is 254 g/mol. The van der Waals surface area contributed by atoms with Crippen LogP contribution in [0.25, 0.3) is 0 Å². The molecule has 1 aliphatic rings. The highest BCUT2D eigenvalue weighted by Crippen LogP contribution is 2.30. The van der Waals surface area contributed by atoms with Crippen molar-refractivity contribution in [1.29, 1.82) is 0 Å². The van der Waals surface area contributed by atoms with Gasteiger partial charge in [0.1, 0.15) is 0 Å². The number of hydrogen-bond donors (Lipinski definition) is 1. The Kier molecular flexibility index (Phi) is 4.18. The number of aromatic nitrogens is 2. The zero-order valence-electron chi connectivity index (χ0n) is 12.9. The Morgan fingerprint density at radius 2 is 2.00 bits per heavy atom. The minimum Gasteiger partial charge on any atom is -0.388 e. The van der Waals surface area contributed by atoms with Gasteiger partial charge >= 0.3 is 0 Å². The number of likely N-dealkylation sites (N-methyl/N-ethyl adjacent to an activating group) is 1. The van der Waals surface area contributed by atoms with Gasteiger partial charge in [-0.05, 0) is 26.7 Å². The molecule has 2 rings (SSSR count). The van der Waals surface area contributed by atoms with Gasteiger partial charge in [-0.15, -0.1) is 0 Å². The lowest BCUT2D eigenvalue weighted by Crippen LogP contribution is -2.42. The van der Waals surface area contributed by atoms with Crippen LogP contribution in [0.4, 0.5) is 0 Å². The molecule has 0 unspecified atom stereocenters. The standard InChI is InChI=1S/C15H25N3O2/c1-11-13(12(2)18(4)16-11)9-14(19)17(3)10-15(20)7-5-6-8-15/h20H,5-10H2,1-4H3. The first-order valence-corrected chi connectivity index (χ1v) is 7.28. The maximum Gasteiger partial charge on any atom is 0.226 e. The van der Waals surface area contributed by atoms with Crippen LogP contribution in [-0.4, -0.2) is 44.9 Å². The van der Waals surface area contributed by atoms with Crippen molar-refractivity contribution in [2.24, 2.45) is 7.05 Å². The van der Waals surface area contributed by atoms with E-state index in [-0.39, 0.29) is 5.91 Å². The van der Waals surface area contributed by atoms with Crippen LogP contribution < -0.4 is 0 Å². The van der Waals surface area contributed by atoms with Crippen LogP contribution in [0.2, 0.25) is 0 Å². The zero-order valence-corrected chi connectivity index (χ0v) is 12.9. The predicted octanol–water partition coefficient (Wildman–Crippen LogP) is 1.34. The molecule has 1 saturated carbocycles. The second-order valence-corrected chi connectivity index (χ2v) is 6.13. The quantitative estimate of drug-likeness (QED) is 0.905. The van der Waals surface area contributed by atoms with E-state index in [2.05, 4.69) is 5.10 Å². The zero-order chi connectivity index (χ0) is 14.9. The lowest BCUT2D eigenvalue weighted by molar-refractivity contribution is -0.132. The van der Waals surface area contributed by atoms with Crippen LogP contribution in [0.15, 0.2) is 0 Å². The summed E-state index contributed by atoms with van der Waals surface area (Å²) in [6.07, 6.45) is 4.07. The van der Waals surface area contributed by atoms with Crippen molar-refractivity contribution in [2.75, 3.05) is 13.6 Å². The van der Waals surface area contributed by atoms with E-state index >= 15 is 0 Å². The lowest BCUT2D eigenvalue weighted by Gasteiger charge is -2.28. The molecule has 5 nitrogen and oxygen atoms in total. The summed E-state index contributed by atoms with van der Waals surface area (Å²) in [4.78, 5) is 14.0. The normalized spacial score (nSPS) is 17.4. The van der Waals surface area contributed by atoms with Crippen molar-refractivity contribution in [3.8, 4) is 0 Å². The van der Waals surface area contributed by atoms with E-state index in [1.54, 1.807) is 11.9 Å². The van der Waals surface area contributed by atoms with Gasteiger partial charge in [0.05, 0.1) is 17.7 Å². The number of carbonyl (C=O) groups excluding carboxylic acids is 1. The third-order valence-electron chi connectivity index (χ3n) is 4.48. The Hall–Kier alpha value is -1.36. The second kappa shape index (κ2) is 5.56. The van der Waals surface area contributed by atoms with E-state index in [9.17, 15) is 9.90 Å². The van der Waals surface area contributed by atoms with E-state index in [0.717, 1.165) is 42.6 Å². The van der Waals surface area contributed by atoms with Gasteiger partial charge in [-0.1, -0.05) is 12.8 Å². The van der Waals surface area contributed by atoms with Crippen molar-refractivity contribution in [3.63, 3.8) is 0 Å². The topological polar surface area (TPSA) is 58.4 Å². The monoisotopic (exact) mass is 279 g/mol. The molecule has 1 amide bonds. The largest absolute Gasteiger partial charge is 0.388 e. The summed E-state index contributed by atoms with van der Waals surface area (Å²) in [6, 6.07) is 0. The van der Waals surface area contributed by atoms with Gasteiger partial charge in [-0.3, -0.25) is 9.48 Å². The third kappa shape index (κ3) is 3.03. The fourth-order valence-corrected chi connectivity index (χ4v) is 3.08. The lowest BCUT2D eigenvalue weighted by atomic mass is 10.0. The third-order valence-corrected chi connectivity index (χ3v) is 4.48. The fourth-order valence-electron chi connectivity index (χ4n) is 3.08. The van der Waals surface area contributed by atoms with E-state index < -0.39 is 5.60 Å². The summed E-state index contributed by atoms with van der Waals surface area (Å²) >= 11 is 0. The molecule has 0 radical (unpaired) electrons. The highest BCUT2D eigenvalue weighted by molar-refractivity contribution is 5.79. The number of nitrogens with zero attached hydrogens (tertiary/aromatic N) is 3. The molecule has 0 spiro atoms. The number of amides is 1. The predicted molar refractivity (Wildman–Crippen MR) is 77.4 cm³/mol. The van der Waals surface area contributed by atoms with Crippen LogP contribution in [0.1, 0.15) is 42.6 Å². The van der Waals surface area contributed by atoms with Gasteiger partial charge in [-0.2, -0.15) is 5.10 Å². The van der Waals surface area contributed by atoms with Gasteiger partial charge in [-0.25, -0.2) is 0 Å². The molecule has 1 heterocycles. The average molecular weight is 279 g/mol. The molecule has 1 aliphatic carbocycles. The number of aryl methyl sites for hydroxylation is 2. The number of aliphatic hydroxyl groups is 1. The van der Waals surface area contributed by atoms with Crippen LogP contribution in [0.5, 0.6) is 0 Å². The summed E-state index contributed by atoms with van der Waals surface area (Å²) in [5, 5.41) is 14.7. The summed E-state index contributed by atoms with van der Waals surface area (Å²) in [7, 11) is 3.67. The van der Waals surface area contributed by atoms with Gasteiger partial charge in [0.2, 0.25) is 5.91 Å². The molecule has 0 atom stereocenters. The Labute approximate surface area is 120 Å². The summed E-state index contributed by atoms with van der Waals surface area (Å²) in [6.45, 7) is 4.34. The van der Waals surface area contributed by atoms with Gasteiger partial charge in [0.25, 0.3) is 0 Å². The van der Waals surface area contributed by atoms with E-state index in [1.165, 1.54) is 0 Å². The summed E-state index contributed by atoms with van der Waals surface area (Å²) < 4.78 is 1.81. The minimum atomic E-state index is -0.677. The maximum atomic E-state index is 12.3. The summed E-state index contributed by atoms with van der Waals surface area (Å²) in [5.74, 6) is 0.0459. The maximum absolute atomic E-state index is 12.3. The van der Waals surface area contributed by atoms with Crippen molar-refractivity contribution < 1.29 is 9.90 Å². The molecule has 1 fully saturated rings. The number of carbonyl (C=O) groups is 1. The van der Waals surface area contributed by atoms with Crippen molar-refractivity contribution >= 4 is 5.91 Å². The molecule has 1 N–H and O–H groups in total. The van der Waals surface area contributed by atoms with E-state index in [1.807, 2.05) is 25.6 Å². The molecule has 112 valence electrons. The molecule has 0 aromatic carbocycles. The SMILES string of the molecule is Cc1nn(C)c(C)c1CC(=O)N(C)CC1(O)CCCC1. The van der Waals surface area contributed by atoms with E-state index in [4.69, 9.17) is 0 Å². The van der Waals surface area contributed by atoms with Crippen LogP contribution in [0.3, 0.4) is 0 Å². The molecule has 0 aliphatic heterocycles. The van der Waals surface area contributed by atoms with E-state index in [0.29, 0.717) is 13.0 Å². The first-order valence-electron chi connectivity index (χ1n) is 7.28. The van der Waals surface area contributed by atoms with Gasteiger partial charge < -0.3 is 10.0 Å². The van der Waals surface area contributed by atoms with Crippen molar-refractivity contribution in [1.82, 2.24) is 14.7 Å². The molecular formula is C15H25N3O2.